The Bertz CT molecular complexity index is 532. The van der Waals surface area contributed by atoms with Crippen LogP contribution < -0.4 is 10.2 Å². The quantitative estimate of drug-likeness (QED) is 0.835. The maximum atomic E-state index is 12.1. The summed E-state index contributed by atoms with van der Waals surface area (Å²) in [5.41, 5.74) is 2.60. The van der Waals surface area contributed by atoms with Crippen molar-refractivity contribution in [2.24, 2.45) is 5.92 Å². The van der Waals surface area contributed by atoms with E-state index in [1.165, 1.54) is 56.4 Å². The van der Waals surface area contributed by atoms with Gasteiger partial charge < -0.3 is 10.2 Å². The number of piperidine rings is 1. The average Bonchev–Trinajstić information content (AvgIpc) is 3.41. The van der Waals surface area contributed by atoms with E-state index in [0.29, 0.717) is 18.5 Å². The summed E-state index contributed by atoms with van der Waals surface area (Å²) in [6.07, 6.45) is 6.50. The van der Waals surface area contributed by atoms with Crippen LogP contribution in [0.3, 0.4) is 0 Å². The molecule has 1 unspecified atom stereocenters. The summed E-state index contributed by atoms with van der Waals surface area (Å²) in [6, 6.07) is 9.18. The second kappa shape index (κ2) is 8.02. The van der Waals surface area contributed by atoms with Crippen molar-refractivity contribution in [3.63, 3.8) is 0 Å². The van der Waals surface area contributed by atoms with Crippen molar-refractivity contribution < 1.29 is 4.79 Å². The molecule has 1 saturated carbocycles. The summed E-state index contributed by atoms with van der Waals surface area (Å²) in [7, 11) is 2.01. The number of likely N-dealkylation sites (N-methyl/N-ethyl adjacent to an activating group) is 1. The fraction of sp³-hybridized carbons (Fsp3) is 0.650. The summed E-state index contributed by atoms with van der Waals surface area (Å²) in [5, 5.41) is 3.12. The molecule has 1 aromatic carbocycles. The van der Waals surface area contributed by atoms with Crippen molar-refractivity contribution in [3.05, 3.63) is 29.8 Å². The predicted octanol–water partition coefficient (Wildman–Crippen LogP) is 3.02. The lowest BCUT2D eigenvalue weighted by Gasteiger charge is -2.29. The molecule has 0 aromatic heterocycles. The minimum atomic E-state index is 0.141. The van der Waals surface area contributed by atoms with Crippen LogP contribution in [0.5, 0.6) is 0 Å². The molecule has 132 valence electrons. The van der Waals surface area contributed by atoms with Gasteiger partial charge in [0.25, 0.3) is 0 Å². The van der Waals surface area contributed by atoms with Gasteiger partial charge in [-0.05, 0) is 69.7 Å². The molecule has 3 rings (SSSR count). The third kappa shape index (κ3) is 4.97. The van der Waals surface area contributed by atoms with Crippen LogP contribution in [0.25, 0.3) is 0 Å². The van der Waals surface area contributed by atoms with Gasteiger partial charge in [0.05, 0.1) is 6.54 Å². The van der Waals surface area contributed by atoms with E-state index < -0.39 is 0 Å². The Kier molecular flexibility index (Phi) is 5.77. The Morgan fingerprint density at radius 1 is 1.21 bits per heavy atom. The number of hydrogen-bond donors (Lipinski definition) is 1. The highest BCUT2D eigenvalue weighted by Gasteiger charge is 2.28. The van der Waals surface area contributed by atoms with Gasteiger partial charge in [0.2, 0.25) is 5.91 Å². The Morgan fingerprint density at radius 3 is 2.50 bits per heavy atom. The number of nitrogens with one attached hydrogen (secondary N) is 1. The highest BCUT2D eigenvalue weighted by Crippen LogP contribution is 2.32. The Morgan fingerprint density at radius 2 is 1.88 bits per heavy atom. The molecule has 0 radical (unpaired) electrons. The Balaban J connectivity index is 1.45. The summed E-state index contributed by atoms with van der Waals surface area (Å²) in [4.78, 5) is 16.7. The number of carbonyl (C=O) groups is 1. The molecule has 2 fully saturated rings. The zero-order chi connectivity index (χ0) is 16.9. The monoisotopic (exact) mass is 329 g/mol. The maximum Gasteiger partial charge on any atom is 0.234 e. The number of anilines is 1. The van der Waals surface area contributed by atoms with Gasteiger partial charge in [-0.3, -0.25) is 9.69 Å². The molecule has 4 nitrogen and oxygen atoms in total. The largest absolute Gasteiger partial charge is 0.372 e. The van der Waals surface area contributed by atoms with Crippen molar-refractivity contribution in [3.8, 4) is 0 Å². The van der Waals surface area contributed by atoms with Crippen molar-refractivity contribution in [2.75, 3.05) is 31.6 Å². The van der Waals surface area contributed by atoms with Crippen LogP contribution in [-0.2, 0) is 11.3 Å². The van der Waals surface area contributed by atoms with Crippen LogP contribution in [0.15, 0.2) is 24.3 Å². The van der Waals surface area contributed by atoms with Gasteiger partial charge >= 0.3 is 0 Å². The summed E-state index contributed by atoms with van der Waals surface area (Å²) in [5.74, 6) is 0.850. The molecule has 1 heterocycles. The standard InChI is InChI=1S/C20H31N3O/c1-16(18-8-9-18)21-20(24)15-22(2)14-17-6-10-19(11-7-17)23-12-4-3-5-13-23/h6-7,10-11,16,18H,3-5,8-9,12-15H2,1-2H3,(H,21,24). The van der Waals surface area contributed by atoms with Crippen LogP contribution in [0.4, 0.5) is 5.69 Å². The van der Waals surface area contributed by atoms with Crippen molar-refractivity contribution in [2.45, 2.75) is 51.6 Å². The van der Waals surface area contributed by atoms with Crippen LogP contribution in [-0.4, -0.2) is 43.5 Å². The van der Waals surface area contributed by atoms with E-state index in [0.717, 1.165) is 6.54 Å². The van der Waals surface area contributed by atoms with Gasteiger partial charge in [0.15, 0.2) is 0 Å². The van der Waals surface area contributed by atoms with Crippen LogP contribution >= 0.6 is 0 Å². The van der Waals surface area contributed by atoms with Crippen molar-refractivity contribution >= 4 is 11.6 Å². The van der Waals surface area contributed by atoms with Gasteiger partial charge in [0.1, 0.15) is 0 Å². The first-order valence-electron chi connectivity index (χ1n) is 9.43. The second-order valence-electron chi connectivity index (χ2n) is 7.58. The fourth-order valence-electron chi connectivity index (χ4n) is 3.59. The molecule has 1 atom stereocenters. The van der Waals surface area contributed by atoms with E-state index in [1.807, 2.05) is 7.05 Å². The van der Waals surface area contributed by atoms with Crippen molar-refractivity contribution in [1.82, 2.24) is 10.2 Å². The summed E-state index contributed by atoms with van der Waals surface area (Å²) in [6.45, 7) is 5.75. The van der Waals surface area contributed by atoms with E-state index in [9.17, 15) is 4.79 Å². The van der Waals surface area contributed by atoms with Gasteiger partial charge in [-0.1, -0.05) is 12.1 Å². The SMILES string of the molecule is CC(NC(=O)CN(C)Cc1ccc(N2CCCCC2)cc1)C1CC1. The van der Waals surface area contributed by atoms with Gasteiger partial charge in [-0.25, -0.2) is 0 Å². The predicted molar refractivity (Wildman–Crippen MR) is 99.2 cm³/mol. The van der Waals surface area contributed by atoms with E-state index in [1.54, 1.807) is 0 Å². The van der Waals surface area contributed by atoms with E-state index >= 15 is 0 Å². The van der Waals surface area contributed by atoms with E-state index in [2.05, 4.69) is 46.3 Å². The minimum absolute atomic E-state index is 0.141. The second-order valence-corrected chi connectivity index (χ2v) is 7.58. The molecule has 0 bridgehead atoms. The molecular formula is C20H31N3O. The lowest BCUT2D eigenvalue weighted by Crippen LogP contribution is -2.40. The van der Waals surface area contributed by atoms with Crippen molar-refractivity contribution in [1.29, 1.82) is 0 Å². The van der Waals surface area contributed by atoms with E-state index in [-0.39, 0.29) is 5.91 Å². The third-order valence-electron chi connectivity index (χ3n) is 5.24. The fourth-order valence-corrected chi connectivity index (χ4v) is 3.59. The van der Waals surface area contributed by atoms with Gasteiger partial charge in [-0.2, -0.15) is 0 Å². The minimum Gasteiger partial charge on any atom is -0.372 e. The number of carbonyl (C=O) groups excluding carboxylic acids is 1. The molecule has 1 saturated heterocycles. The molecule has 4 heteroatoms. The molecule has 0 spiro atoms. The smallest absolute Gasteiger partial charge is 0.234 e. The number of benzene rings is 1. The topological polar surface area (TPSA) is 35.6 Å². The number of hydrogen-bond acceptors (Lipinski definition) is 3. The van der Waals surface area contributed by atoms with Gasteiger partial charge in [0, 0.05) is 31.4 Å². The molecular weight excluding hydrogens is 298 g/mol. The third-order valence-corrected chi connectivity index (χ3v) is 5.24. The number of amides is 1. The first kappa shape index (κ1) is 17.3. The summed E-state index contributed by atoms with van der Waals surface area (Å²) < 4.78 is 0. The molecule has 1 aliphatic heterocycles. The Labute approximate surface area is 146 Å². The summed E-state index contributed by atoms with van der Waals surface area (Å²) >= 11 is 0. The number of rotatable bonds is 7. The molecule has 24 heavy (non-hydrogen) atoms. The average molecular weight is 329 g/mol. The lowest BCUT2D eigenvalue weighted by atomic mass is 10.1. The first-order valence-corrected chi connectivity index (χ1v) is 9.43. The highest BCUT2D eigenvalue weighted by molar-refractivity contribution is 5.78. The first-order chi connectivity index (χ1) is 11.6. The molecule has 1 aliphatic carbocycles. The lowest BCUT2D eigenvalue weighted by molar-refractivity contribution is -0.122. The molecule has 1 amide bonds. The van der Waals surface area contributed by atoms with Crippen LogP contribution in [0.1, 0.15) is 44.6 Å². The maximum absolute atomic E-state index is 12.1. The van der Waals surface area contributed by atoms with Gasteiger partial charge in [-0.15, -0.1) is 0 Å². The molecule has 1 N–H and O–H groups in total. The number of nitrogens with zero attached hydrogens (tertiary/aromatic N) is 2. The zero-order valence-electron chi connectivity index (χ0n) is 15.1. The zero-order valence-corrected chi connectivity index (χ0v) is 15.1. The van der Waals surface area contributed by atoms with Crippen LogP contribution in [0, 0.1) is 5.92 Å². The van der Waals surface area contributed by atoms with E-state index in [4.69, 9.17) is 0 Å². The molecule has 2 aliphatic rings. The normalized spacial score (nSPS) is 19.4. The van der Waals surface area contributed by atoms with Crippen LogP contribution in [0.2, 0.25) is 0 Å². The Hall–Kier alpha value is -1.55. The highest BCUT2D eigenvalue weighted by atomic mass is 16.2. The molecule has 1 aromatic rings.